The lowest BCUT2D eigenvalue weighted by Gasteiger charge is -2.34. The van der Waals surface area contributed by atoms with Crippen molar-refractivity contribution in [3.05, 3.63) is 68.6 Å². The minimum atomic E-state index is -1.57. The Labute approximate surface area is 182 Å². The third-order valence-corrected chi connectivity index (χ3v) is 4.96. The van der Waals surface area contributed by atoms with Gasteiger partial charge in [0.1, 0.15) is 5.69 Å². The third-order valence-electron chi connectivity index (χ3n) is 4.12. The maximum absolute atomic E-state index is 13.4. The van der Waals surface area contributed by atoms with Crippen LogP contribution in [0.25, 0.3) is 10.9 Å². The van der Waals surface area contributed by atoms with E-state index in [-0.39, 0.29) is 18.0 Å². The highest BCUT2D eigenvalue weighted by Gasteiger charge is 2.48. The van der Waals surface area contributed by atoms with Crippen LogP contribution in [0.5, 0.6) is 0 Å². The van der Waals surface area contributed by atoms with Gasteiger partial charge in [-0.25, -0.2) is 14.8 Å². The second-order valence-corrected chi connectivity index (χ2v) is 8.02. The summed E-state index contributed by atoms with van der Waals surface area (Å²) >= 11 is 8.45. The molecule has 0 saturated carbocycles. The molecule has 0 aliphatic heterocycles. The lowest BCUT2D eigenvalue weighted by Crippen LogP contribution is -2.44. The lowest BCUT2D eigenvalue weighted by atomic mass is 9.87. The second-order valence-electron chi connectivity index (χ2n) is 6.44. The molecule has 0 amide bonds. The van der Waals surface area contributed by atoms with Gasteiger partial charge in [-0.05, 0) is 73.2 Å². The Kier molecular flexibility index (Phi) is 6.52. The molecule has 1 aromatic heterocycles. The maximum Gasteiger partial charge on any atom is 0.349 e. The Balaban J connectivity index is 2.44. The molecule has 146 valence electrons. The van der Waals surface area contributed by atoms with Crippen LogP contribution in [-0.4, -0.2) is 28.6 Å². The molecule has 1 unspecified atom stereocenters. The van der Waals surface area contributed by atoms with E-state index in [4.69, 9.17) is 21.1 Å². The van der Waals surface area contributed by atoms with Crippen LogP contribution in [0, 0.1) is 3.57 Å². The average Bonchev–Trinajstić information content (AvgIpc) is 2.66. The van der Waals surface area contributed by atoms with Crippen molar-refractivity contribution in [1.29, 1.82) is 0 Å². The molecule has 0 radical (unpaired) electrons. The molecule has 0 bridgehead atoms. The Morgan fingerprint density at radius 2 is 1.89 bits per heavy atom. The van der Waals surface area contributed by atoms with Crippen molar-refractivity contribution in [2.45, 2.75) is 32.5 Å². The van der Waals surface area contributed by atoms with Crippen molar-refractivity contribution >= 4 is 51.1 Å². The maximum atomic E-state index is 13.4. The van der Waals surface area contributed by atoms with E-state index in [2.05, 4.69) is 32.6 Å². The van der Waals surface area contributed by atoms with Gasteiger partial charge in [-0.2, -0.15) is 0 Å². The number of nitrogens with zero attached hydrogens (tertiary/aromatic N) is 2. The molecule has 0 aliphatic rings. The SMILES string of the molecule is CCOC(=O)C(OC(C)C)(c1ccccc1)c1nc(Cl)nc2ccc(I)cc12. The van der Waals surface area contributed by atoms with Gasteiger partial charge in [0.05, 0.1) is 18.2 Å². The fraction of sp³-hybridized carbons (Fsp3) is 0.286. The number of carbonyl (C=O) groups excluding carboxylic acids is 1. The molecule has 1 atom stereocenters. The summed E-state index contributed by atoms with van der Waals surface area (Å²) in [6.07, 6.45) is -0.281. The number of hydrogen-bond acceptors (Lipinski definition) is 5. The molecule has 7 heteroatoms. The van der Waals surface area contributed by atoms with E-state index in [0.29, 0.717) is 22.2 Å². The van der Waals surface area contributed by atoms with Crippen LogP contribution in [0.3, 0.4) is 0 Å². The number of esters is 1. The topological polar surface area (TPSA) is 61.3 Å². The van der Waals surface area contributed by atoms with Gasteiger partial charge in [0.25, 0.3) is 0 Å². The third kappa shape index (κ3) is 3.99. The van der Waals surface area contributed by atoms with Crippen LogP contribution in [-0.2, 0) is 19.9 Å². The van der Waals surface area contributed by atoms with Crippen LogP contribution in [0.1, 0.15) is 32.0 Å². The normalized spacial score (nSPS) is 13.5. The second kappa shape index (κ2) is 8.71. The van der Waals surface area contributed by atoms with Gasteiger partial charge >= 0.3 is 5.97 Å². The number of rotatable bonds is 6. The van der Waals surface area contributed by atoms with E-state index in [1.165, 1.54) is 0 Å². The van der Waals surface area contributed by atoms with Gasteiger partial charge in [0.2, 0.25) is 10.9 Å². The smallest absolute Gasteiger partial charge is 0.349 e. The minimum Gasteiger partial charge on any atom is -0.463 e. The summed E-state index contributed by atoms with van der Waals surface area (Å²) in [5.74, 6) is -0.537. The van der Waals surface area contributed by atoms with E-state index in [9.17, 15) is 4.79 Å². The molecular weight excluding hydrogens is 491 g/mol. The van der Waals surface area contributed by atoms with Crippen molar-refractivity contribution in [2.24, 2.45) is 0 Å². The number of benzene rings is 2. The first-order valence-electron chi connectivity index (χ1n) is 8.92. The first-order chi connectivity index (χ1) is 13.4. The quantitative estimate of drug-likeness (QED) is 0.262. The van der Waals surface area contributed by atoms with E-state index in [1.807, 2.05) is 62.4 Å². The van der Waals surface area contributed by atoms with Gasteiger partial charge in [-0.1, -0.05) is 30.3 Å². The summed E-state index contributed by atoms with van der Waals surface area (Å²) in [6, 6.07) is 14.9. The summed E-state index contributed by atoms with van der Waals surface area (Å²) in [6.45, 7) is 5.71. The zero-order valence-corrected chi connectivity index (χ0v) is 18.7. The molecule has 3 rings (SSSR count). The lowest BCUT2D eigenvalue weighted by molar-refractivity contribution is -0.173. The van der Waals surface area contributed by atoms with Crippen LogP contribution >= 0.6 is 34.2 Å². The van der Waals surface area contributed by atoms with Gasteiger partial charge in [0.15, 0.2) is 0 Å². The van der Waals surface area contributed by atoms with Gasteiger partial charge in [-0.15, -0.1) is 0 Å². The molecule has 0 saturated heterocycles. The summed E-state index contributed by atoms with van der Waals surface area (Å²) in [4.78, 5) is 22.2. The zero-order valence-electron chi connectivity index (χ0n) is 15.8. The zero-order chi connectivity index (χ0) is 20.3. The first-order valence-corrected chi connectivity index (χ1v) is 10.4. The predicted molar refractivity (Wildman–Crippen MR) is 117 cm³/mol. The van der Waals surface area contributed by atoms with Gasteiger partial charge < -0.3 is 9.47 Å². The number of halogens is 2. The molecular formula is C21H20ClIN2O3. The van der Waals surface area contributed by atoms with Gasteiger partial charge in [0, 0.05) is 14.5 Å². The van der Waals surface area contributed by atoms with Crippen LogP contribution in [0.4, 0.5) is 0 Å². The molecule has 0 fully saturated rings. The fourth-order valence-corrected chi connectivity index (χ4v) is 3.79. The predicted octanol–water partition coefficient (Wildman–Crippen LogP) is 5.12. The average molecular weight is 511 g/mol. The Morgan fingerprint density at radius 1 is 1.18 bits per heavy atom. The molecule has 3 aromatic rings. The highest BCUT2D eigenvalue weighted by molar-refractivity contribution is 14.1. The minimum absolute atomic E-state index is 0.0423. The Hall–Kier alpha value is -1.77. The summed E-state index contributed by atoms with van der Waals surface area (Å²) < 4.78 is 12.7. The molecule has 0 aliphatic carbocycles. The van der Waals surface area contributed by atoms with Crippen molar-refractivity contribution in [1.82, 2.24) is 9.97 Å². The van der Waals surface area contributed by atoms with Crippen LogP contribution in [0.15, 0.2) is 48.5 Å². The van der Waals surface area contributed by atoms with Crippen LogP contribution < -0.4 is 0 Å². The van der Waals surface area contributed by atoms with Gasteiger partial charge in [-0.3, -0.25) is 0 Å². The number of hydrogen-bond donors (Lipinski definition) is 0. The first kappa shape index (κ1) is 21.0. The fourth-order valence-electron chi connectivity index (χ4n) is 3.12. The van der Waals surface area contributed by atoms with Crippen molar-refractivity contribution in [3.63, 3.8) is 0 Å². The largest absolute Gasteiger partial charge is 0.463 e. The summed E-state index contributed by atoms with van der Waals surface area (Å²) in [7, 11) is 0. The molecule has 5 nitrogen and oxygen atoms in total. The van der Waals surface area contributed by atoms with E-state index in [1.54, 1.807) is 6.92 Å². The summed E-state index contributed by atoms with van der Waals surface area (Å²) in [5.41, 5.74) is 0.0598. The molecule has 28 heavy (non-hydrogen) atoms. The standard InChI is InChI=1S/C21H20ClIN2O3/c1-4-27-19(26)21(28-13(2)3,14-8-6-5-7-9-14)18-16-12-15(23)10-11-17(16)24-20(22)25-18/h5-13H,4H2,1-3H3. The highest BCUT2D eigenvalue weighted by atomic mass is 127. The monoisotopic (exact) mass is 510 g/mol. The number of fused-ring (bicyclic) bond motifs is 1. The van der Waals surface area contributed by atoms with E-state index in [0.717, 1.165) is 3.57 Å². The van der Waals surface area contributed by atoms with E-state index >= 15 is 0 Å². The molecule has 0 N–H and O–H groups in total. The highest BCUT2D eigenvalue weighted by Crippen LogP contribution is 2.39. The molecule has 2 aromatic carbocycles. The summed E-state index contributed by atoms with van der Waals surface area (Å²) in [5, 5.41) is 0.731. The van der Waals surface area contributed by atoms with Crippen molar-refractivity contribution < 1.29 is 14.3 Å². The number of aromatic nitrogens is 2. The molecule has 1 heterocycles. The van der Waals surface area contributed by atoms with E-state index < -0.39 is 11.6 Å². The van der Waals surface area contributed by atoms with Crippen molar-refractivity contribution in [2.75, 3.05) is 6.61 Å². The Bertz CT molecular complexity index is 998. The molecule has 0 spiro atoms. The Morgan fingerprint density at radius 3 is 2.54 bits per heavy atom. The number of carbonyl (C=O) groups is 1. The van der Waals surface area contributed by atoms with Crippen molar-refractivity contribution in [3.8, 4) is 0 Å². The number of ether oxygens (including phenoxy) is 2. The van der Waals surface area contributed by atoms with Crippen LogP contribution in [0.2, 0.25) is 5.28 Å².